The molecule has 4 heteroatoms. The van der Waals surface area contributed by atoms with Crippen molar-refractivity contribution in [1.82, 2.24) is 4.90 Å². The number of carbonyl (C=O) groups excluding carboxylic acids is 1. The van der Waals surface area contributed by atoms with Crippen LogP contribution in [0.25, 0.3) is 0 Å². The fourth-order valence-electron chi connectivity index (χ4n) is 3.14. The number of piperidine rings is 1. The number of amides is 1. The van der Waals surface area contributed by atoms with Gasteiger partial charge in [0.25, 0.3) is 5.91 Å². The molecule has 1 heterocycles. The molecule has 1 aliphatic rings. The van der Waals surface area contributed by atoms with E-state index in [0.29, 0.717) is 17.2 Å². The Balaban J connectivity index is 1.80. The molecule has 1 fully saturated rings. The number of benzene rings is 2. The van der Waals surface area contributed by atoms with Gasteiger partial charge in [0.15, 0.2) is 0 Å². The van der Waals surface area contributed by atoms with Crippen molar-refractivity contribution in [3.63, 3.8) is 0 Å². The Hall–Kier alpha value is -2.33. The third kappa shape index (κ3) is 3.77. The van der Waals surface area contributed by atoms with Gasteiger partial charge < -0.3 is 15.4 Å². The van der Waals surface area contributed by atoms with E-state index in [1.54, 1.807) is 0 Å². The Bertz CT molecular complexity index is 685. The average molecular weight is 324 g/mol. The summed E-state index contributed by atoms with van der Waals surface area (Å²) in [6, 6.07) is 17.1. The third-order valence-corrected chi connectivity index (χ3v) is 4.58. The van der Waals surface area contributed by atoms with Crippen LogP contribution in [-0.2, 0) is 0 Å². The maximum atomic E-state index is 13.0. The van der Waals surface area contributed by atoms with E-state index in [1.165, 1.54) is 0 Å². The standard InChI is InChI=1S/C20H24N2O2/c1-15(21)16-8-7-13-22(14-16)20(23)18-11-5-6-12-19(18)24-17-9-3-2-4-10-17/h2-6,9-12,15-16H,7-8,13-14,21H2,1H3. The van der Waals surface area contributed by atoms with Crippen LogP contribution in [0.1, 0.15) is 30.1 Å². The van der Waals surface area contributed by atoms with Gasteiger partial charge in [-0.3, -0.25) is 4.79 Å². The predicted octanol–water partition coefficient (Wildman–Crippen LogP) is 3.68. The van der Waals surface area contributed by atoms with Crippen molar-refractivity contribution in [2.45, 2.75) is 25.8 Å². The molecule has 126 valence electrons. The Morgan fingerprint density at radius 3 is 2.62 bits per heavy atom. The minimum Gasteiger partial charge on any atom is -0.457 e. The molecule has 4 nitrogen and oxygen atoms in total. The number of hydrogen-bond acceptors (Lipinski definition) is 3. The summed E-state index contributed by atoms with van der Waals surface area (Å²) in [4.78, 5) is 14.9. The van der Waals surface area contributed by atoms with Crippen molar-refractivity contribution in [1.29, 1.82) is 0 Å². The Morgan fingerprint density at radius 1 is 1.17 bits per heavy atom. The summed E-state index contributed by atoms with van der Waals surface area (Å²) in [5, 5.41) is 0. The number of hydrogen-bond donors (Lipinski definition) is 1. The second-order valence-electron chi connectivity index (χ2n) is 6.42. The van der Waals surface area contributed by atoms with Crippen LogP contribution in [-0.4, -0.2) is 29.9 Å². The van der Waals surface area contributed by atoms with Gasteiger partial charge in [0, 0.05) is 19.1 Å². The summed E-state index contributed by atoms with van der Waals surface area (Å²) in [7, 11) is 0. The van der Waals surface area contributed by atoms with Crippen molar-refractivity contribution < 1.29 is 9.53 Å². The van der Waals surface area contributed by atoms with Gasteiger partial charge in [-0.25, -0.2) is 0 Å². The van der Waals surface area contributed by atoms with E-state index in [-0.39, 0.29) is 11.9 Å². The average Bonchev–Trinajstić information content (AvgIpc) is 2.62. The fraction of sp³-hybridized carbons (Fsp3) is 0.350. The number of nitrogens with two attached hydrogens (primary N) is 1. The van der Waals surface area contributed by atoms with Crippen LogP contribution in [0.15, 0.2) is 54.6 Å². The minimum atomic E-state index is 0.0203. The van der Waals surface area contributed by atoms with Crippen LogP contribution in [0.3, 0.4) is 0 Å². The van der Waals surface area contributed by atoms with Crippen LogP contribution in [0, 0.1) is 5.92 Å². The molecule has 2 atom stereocenters. The molecule has 3 rings (SSSR count). The first kappa shape index (κ1) is 16.5. The second kappa shape index (κ2) is 7.49. The Kier molecular flexibility index (Phi) is 5.16. The van der Waals surface area contributed by atoms with Crippen LogP contribution in [0.4, 0.5) is 0 Å². The molecule has 2 N–H and O–H groups in total. The molecule has 0 saturated carbocycles. The van der Waals surface area contributed by atoms with Crippen LogP contribution < -0.4 is 10.5 Å². The quantitative estimate of drug-likeness (QED) is 0.933. The first-order chi connectivity index (χ1) is 11.6. The summed E-state index contributed by atoms with van der Waals surface area (Å²) in [6.07, 6.45) is 2.09. The van der Waals surface area contributed by atoms with Crippen molar-refractivity contribution in [2.24, 2.45) is 11.7 Å². The van der Waals surface area contributed by atoms with Gasteiger partial charge in [0.2, 0.25) is 0 Å². The zero-order valence-electron chi connectivity index (χ0n) is 14.0. The van der Waals surface area contributed by atoms with E-state index in [4.69, 9.17) is 10.5 Å². The lowest BCUT2D eigenvalue weighted by Gasteiger charge is -2.34. The monoisotopic (exact) mass is 324 g/mol. The molecule has 0 spiro atoms. The summed E-state index contributed by atoms with van der Waals surface area (Å²) in [5.74, 6) is 1.71. The highest BCUT2D eigenvalue weighted by Crippen LogP contribution is 2.28. The third-order valence-electron chi connectivity index (χ3n) is 4.58. The SMILES string of the molecule is CC(N)C1CCCN(C(=O)c2ccccc2Oc2ccccc2)C1. The fourth-order valence-corrected chi connectivity index (χ4v) is 3.14. The zero-order valence-corrected chi connectivity index (χ0v) is 14.0. The number of likely N-dealkylation sites (tertiary alicyclic amines) is 1. The van der Waals surface area contributed by atoms with E-state index in [9.17, 15) is 4.79 Å². The summed E-state index contributed by atoms with van der Waals surface area (Å²) >= 11 is 0. The molecule has 1 amide bonds. The van der Waals surface area contributed by atoms with Gasteiger partial charge in [0.1, 0.15) is 11.5 Å². The largest absolute Gasteiger partial charge is 0.457 e. The van der Waals surface area contributed by atoms with E-state index in [0.717, 1.165) is 31.7 Å². The minimum absolute atomic E-state index is 0.0203. The van der Waals surface area contributed by atoms with Crippen molar-refractivity contribution in [3.05, 3.63) is 60.2 Å². The van der Waals surface area contributed by atoms with Gasteiger partial charge in [-0.1, -0.05) is 30.3 Å². The number of para-hydroxylation sites is 2. The molecular weight excluding hydrogens is 300 g/mol. The van der Waals surface area contributed by atoms with Crippen molar-refractivity contribution in [3.8, 4) is 11.5 Å². The molecule has 0 aromatic heterocycles. The van der Waals surface area contributed by atoms with Gasteiger partial charge in [-0.05, 0) is 49.9 Å². The number of nitrogens with zero attached hydrogens (tertiary/aromatic N) is 1. The summed E-state index contributed by atoms with van der Waals surface area (Å²) < 4.78 is 5.92. The maximum Gasteiger partial charge on any atom is 0.257 e. The molecule has 2 unspecified atom stereocenters. The van der Waals surface area contributed by atoms with Gasteiger partial charge in [-0.2, -0.15) is 0 Å². The topological polar surface area (TPSA) is 55.6 Å². The predicted molar refractivity (Wildman–Crippen MR) is 95.2 cm³/mol. The molecular formula is C20H24N2O2. The normalized spacial score (nSPS) is 18.9. The number of rotatable bonds is 4. The van der Waals surface area contributed by atoms with Gasteiger partial charge in [-0.15, -0.1) is 0 Å². The molecule has 0 aliphatic carbocycles. The molecule has 1 saturated heterocycles. The number of carbonyl (C=O) groups is 1. The summed E-state index contributed by atoms with van der Waals surface area (Å²) in [6.45, 7) is 3.52. The van der Waals surface area contributed by atoms with Crippen LogP contribution in [0.2, 0.25) is 0 Å². The second-order valence-corrected chi connectivity index (χ2v) is 6.42. The van der Waals surface area contributed by atoms with Gasteiger partial charge >= 0.3 is 0 Å². The highest BCUT2D eigenvalue weighted by Gasteiger charge is 2.27. The highest BCUT2D eigenvalue weighted by atomic mass is 16.5. The smallest absolute Gasteiger partial charge is 0.257 e. The number of ether oxygens (including phenoxy) is 1. The van der Waals surface area contributed by atoms with Gasteiger partial charge in [0.05, 0.1) is 5.56 Å². The van der Waals surface area contributed by atoms with Crippen LogP contribution >= 0.6 is 0 Å². The molecule has 24 heavy (non-hydrogen) atoms. The Labute approximate surface area is 143 Å². The van der Waals surface area contributed by atoms with E-state index in [2.05, 4.69) is 0 Å². The lowest BCUT2D eigenvalue weighted by molar-refractivity contribution is 0.0658. The van der Waals surface area contributed by atoms with Crippen LogP contribution in [0.5, 0.6) is 11.5 Å². The van der Waals surface area contributed by atoms with E-state index in [1.807, 2.05) is 66.4 Å². The molecule has 2 aromatic rings. The molecule has 2 aromatic carbocycles. The van der Waals surface area contributed by atoms with Crippen molar-refractivity contribution >= 4 is 5.91 Å². The Morgan fingerprint density at radius 2 is 1.88 bits per heavy atom. The first-order valence-electron chi connectivity index (χ1n) is 8.52. The highest BCUT2D eigenvalue weighted by molar-refractivity contribution is 5.97. The zero-order chi connectivity index (χ0) is 16.9. The molecule has 0 bridgehead atoms. The molecule has 1 aliphatic heterocycles. The van der Waals surface area contributed by atoms with Crippen molar-refractivity contribution in [2.75, 3.05) is 13.1 Å². The lowest BCUT2D eigenvalue weighted by Crippen LogP contribution is -2.45. The van der Waals surface area contributed by atoms with E-state index < -0.39 is 0 Å². The van der Waals surface area contributed by atoms with E-state index >= 15 is 0 Å². The molecule has 0 radical (unpaired) electrons. The maximum absolute atomic E-state index is 13.0. The summed E-state index contributed by atoms with van der Waals surface area (Å²) in [5.41, 5.74) is 6.64. The lowest BCUT2D eigenvalue weighted by atomic mass is 9.92. The first-order valence-corrected chi connectivity index (χ1v) is 8.52.